The number of nitro groups is 1. The highest BCUT2D eigenvalue weighted by molar-refractivity contribution is 8.14. The molecule has 0 amide bonds. The molecule has 0 aromatic heterocycles. The normalized spacial score (nSPS) is 16.7. The third-order valence-corrected chi connectivity index (χ3v) is 4.93. The number of benzene rings is 1. The molecule has 2 N–H and O–H groups in total. The number of nitrogens with zero attached hydrogens (tertiary/aromatic N) is 2. The molecule has 0 atom stereocenters. The molecule has 0 fully saturated rings. The summed E-state index contributed by atoms with van der Waals surface area (Å²) < 4.78 is 0. The summed E-state index contributed by atoms with van der Waals surface area (Å²) in [6.07, 6.45) is 4.35. The monoisotopic (exact) mass is 347 g/mol. The number of fused-ring (bicyclic) bond motifs is 1. The SMILES string of the molecule is NCCSC1=NC([N+](=O)[O-])=C2CC=C(c3ccccc3Cl)C=C12. The summed E-state index contributed by atoms with van der Waals surface area (Å²) in [5, 5.41) is 12.5. The van der Waals surface area contributed by atoms with Gasteiger partial charge in [-0.25, -0.2) is 0 Å². The largest absolute Gasteiger partial charge is 0.368 e. The first-order valence-electron chi connectivity index (χ1n) is 7.08. The van der Waals surface area contributed by atoms with Crippen LogP contribution in [0.3, 0.4) is 0 Å². The van der Waals surface area contributed by atoms with Crippen LogP contribution in [0.1, 0.15) is 12.0 Å². The number of nitrogens with two attached hydrogens (primary N) is 1. The van der Waals surface area contributed by atoms with E-state index in [4.69, 9.17) is 17.3 Å². The molecular formula is C16H14ClN3O2S. The average Bonchev–Trinajstić information content (AvgIpc) is 2.91. The molecule has 0 radical (unpaired) electrons. The maximum atomic E-state index is 11.2. The van der Waals surface area contributed by atoms with Crippen molar-refractivity contribution in [1.82, 2.24) is 0 Å². The van der Waals surface area contributed by atoms with Crippen molar-refractivity contribution < 1.29 is 4.92 Å². The van der Waals surface area contributed by atoms with Crippen LogP contribution >= 0.6 is 23.4 Å². The van der Waals surface area contributed by atoms with Crippen LogP contribution in [-0.2, 0) is 0 Å². The van der Waals surface area contributed by atoms with Gasteiger partial charge in [0.05, 0.1) is 5.57 Å². The zero-order valence-corrected chi connectivity index (χ0v) is 13.7. The van der Waals surface area contributed by atoms with Crippen molar-refractivity contribution in [3.63, 3.8) is 0 Å². The fourth-order valence-electron chi connectivity index (χ4n) is 2.55. The van der Waals surface area contributed by atoms with Crippen LogP contribution in [0.4, 0.5) is 0 Å². The second-order valence-electron chi connectivity index (χ2n) is 5.01. The maximum absolute atomic E-state index is 11.2. The van der Waals surface area contributed by atoms with Crippen LogP contribution in [0, 0.1) is 10.1 Å². The number of hydrogen-bond acceptors (Lipinski definition) is 5. The van der Waals surface area contributed by atoms with Crippen molar-refractivity contribution in [2.45, 2.75) is 6.42 Å². The molecule has 1 aliphatic carbocycles. The summed E-state index contributed by atoms with van der Waals surface area (Å²) in [6, 6.07) is 7.56. The van der Waals surface area contributed by atoms with E-state index in [0.717, 1.165) is 16.7 Å². The number of aliphatic imine (C=N–C) groups is 1. The Balaban J connectivity index is 2.01. The second kappa shape index (κ2) is 6.70. The summed E-state index contributed by atoms with van der Waals surface area (Å²) >= 11 is 7.70. The van der Waals surface area contributed by atoms with Gasteiger partial charge in [-0.15, -0.1) is 0 Å². The van der Waals surface area contributed by atoms with Crippen molar-refractivity contribution in [2.24, 2.45) is 10.7 Å². The predicted octanol–water partition coefficient (Wildman–Crippen LogP) is 3.65. The predicted molar refractivity (Wildman–Crippen MR) is 95.1 cm³/mol. The topological polar surface area (TPSA) is 81.5 Å². The molecule has 118 valence electrons. The Morgan fingerprint density at radius 1 is 1.39 bits per heavy atom. The lowest BCUT2D eigenvalue weighted by Gasteiger charge is -2.13. The van der Waals surface area contributed by atoms with Gasteiger partial charge < -0.3 is 15.8 Å². The second-order valence-corrected chi connectivity index (χ2v) is 6.51. The van der Waals surface area contributed by atoms with Gasteiger partial charge in [0, 0.05) is 29.3 Å². The minimum atomic E-state index is -0.423. The number of allylic oxidation sites excluding steroid dienone is 4. The maximum Gasteiger partial charge on any atom is 0.368 e. The van der Waals surface area contributed by atoms with Crippen molar-refractivity contribution in [3.05, 3.63) is 74.1 Å². The summed E-state index contributed by atoms with van der Waals surface area (Å²) in [4.78, 5) is 15.0. The average molecular weight is 348 g/mol. The number of rotatable bonds is 4. The summed E-state index contributed by atoms with van der Waals surface area (Å²) in [5.74, 6) is 0.602. The van der Waals surface area contributed by atoms with Crippen LogP contribution in [-0.4, -0.2) is 22.3 Å². The Bertz CT molecular complexity index is 796. The van der Waals surface area contributed by atoms with Gasteiger partial charge >= 0.3 is 5.82 Å². The Labute approximate surface area is 142 Å². The van der Waals surface area contributed by atoms with E-state index in [1.807, 2.05) is 36.4 Å². The summed E-state index contributed by atoms with van der Waals surface area (Å²) in [6.45, 7) is 0.493. The van der Waals surface area contributed by atoms with Gasteiger partial charge in [-0.05, 0) is 33.2 Å². The van der Waals surface area contributed by atoms with Gasteiger partial charge in [0.2, 0.25) is 5.04 Å². The molecule has 0 spiro atoms. The quantitative estimate of drug-likeness (QED) is 0.665. The van der Waals surface area contributed by atoms with Crippen molar-refractivity contribution in [1.29, 1.82) is 0 Å². The highest BCUT2D eigenvalue weighted by Crippen LogP contribution is 2.39. The standard InChI is InChI=1S/C16H14ClN3O2S/c17-14-4-2-1-3-11(14)10-5-6-12-13(9-10)16(23-8-7-18)19-15(12)20(21)22/h1-5,9H,6-8,18H2. The first kappa shape index (κ1) is 16.0. The van der Waals surface area contributed by atoms with Gasteiger partial charge in [0.1, 0.15) is 0 Å². The van der Waals surface area contributed by atoms with E-state index in [2.05, 4.69) is 4.99 Å². The van der Waals surface area contributed by atoms with E-state index in [9.17, 15) is 10.1 Å². The number of halogens is 1. The third kappa shape index (κ3) is 3.10. The van der Waals surface area contributed by atoms with Gasteiger partial charge in [-0.1, -0.05) is 47.6 Å². The zero-order chi connectivity index (χ0) is 16.4. The first-order chi connectivity index (χ1) is 11.1. The van der Waals surface area contributed by atoms with Crippen molar-refractivity contribution in [2.75, 3.05) is 12.3 Å². The van der Waals surface area contributed by atoms with Crippen LogP contribution in [0.15, 0.2) is 58.4 Å². The molecule has 7 heteroatoms. The minimum Gasteiger partial charge on any atom is -0.358 e. The van der Waals surface area contributed by atoms with Crippen LogP contribution in [0.25, 0.3) is 5.57 Å². The fraction of sp³-hybridized carbons (Fsp3) is 0.188. The Morgan fingerprint density at radius 2 is 2.17 bits per heavy atom. The van der Waals surface area contributed by atoms with E-state index in [1.54, 1.807) is 0 Å². The minimum absolute atomic E-state index is 0.0646. The van der Waals surface area contributed by atoms with Crippen LogP contribution in [0.5, 0.6) is 0 Å². The summed E-state index contributed by atoms with van der Waals surface area (Å²) in [7, 11) is 0. The van der Waals surface area contributed by atoms with E-state index in [1.165, 1.54) is 11.8 Å². The Kier molecular flexibility index (Phi) is 4.66. The molecule has 1 aliphatic heterocycles. The van der Waals surface area contributed by atoms with Crippen molar-refractivity contribution >= 4 is 34.0 Å². The molecule has 5 nitrogen and oxygen atoms in total. The van der Waals surface area contributed by atoms with Crippen LogP contribution in [0.2, 0.25) is 5.02 Å². The first-order valence-corrected chi connectivity index (χ1v) is 8.44. The molecule has 1 aromatic carbocycles. The summed E-state index contributed by atoms with van der Waals surface area (Å²) in [5.41, 5.74) is 8.88. The van der Waals surface area contributed by atoms with E-state index >= 15 is 0 Å². The van der Waals surface area contributed by atoms with E-state index < -0.39 is 4.92 Å². The lowest BCUT2D eigenvalue weighted by Crippen LogP contribution is -2.07. The fourth-order valence-corrected chi connectivity index (χ4v) is 3.59. The molecule has 0 bridgehead atoms. The van der Waals surface area contributed by atoms with E-state index in [0.29, 0.717) is 34.4 Å². The molecule has 23 heavy (non-hydrogen) atoms. The van der Waals surface area contributed by atoms with E-state index in [-0.39, 0.29) is 5.82 Å². The van der Waals surface area contributed by atoms with Crippen molar-refractivity contribution in [3.8, 4) is 0 Å². The molecule has 1 heterocycles. The lowest BCUT2D eigenvalue weighted by atomic mass is 9.92. The molecule has 3 rings (SSSR count). The molecular weight excluding hydrogens is 334 g/mol. The zero-order valence-electron chi connectivity index (χ0n) is 12.2. The lowest BCUT2D eigenvalue weighted by molar-refractivity contribution is -0.426. The Hall–Kier alpha value is -1.89. The molecule has 0 unspecified atom stereocenters. The Morgan fingerprint density at radius 3 is 2.87 bits per heavy atom. The van der Waals surface area contributed by atoms with Gasteiger partial charge in [-0.3, -0.25) is 0 Å². The van der Waals surface area contributed by atoms with Crippen LogP contribution < -0.4 is 5.73 Å². The molecule has 2 aliphatic rings. The number of thioether (sulfide) groups is 1. The highest BCUT2D eigenvalue weighted by atomic mass is 35.5. The van der Waals surface area contributed by atoms with Gasteiger partial charge in [0.25, 0.3) is 0 Å². The molecule has 1 aromatic rings. The third-order valence-electron chi connectivity index (χ3n) is 3.57. The highest BCUT2D eigenvalue weighted by Gasteiger charge is 2.35. The van der Waals surface area contributed by atoms with Gasteiger partial charge in [-0.2, -0.15) is 0 Å². The number of hydrogen-bond donors (Lipinski definition) is 1. The molecule has 0 saturated heterocycles. The molecule has 0 saturated carbocycles. The smallest absolute Gasteiger partial charge is 0.358 e. The van der Waals surface area contributed by atoms with Gasteiger partial charge in [0.15, 0.2) is 0 Å².